The van der Waals surface area contributed by atoms with E-state index in [4.69, 9.17) is 16.0 Å². The molecule has 0 atom stereocenters. The molecule has 2 aromatic carbocycles. The second-order valence-electron chi connectivity index (χ2n) is 4.43. The number of fused-ring (bicyclic) bond motifs is 1. The molecule has 0 bridgehead atoms. The number of benzene rings is 2. The zero-order valence-electron chi connectivity index (χ0n) is 10.8. The van der Waals surface area contributed by atoms with Crippen molar-refractivity contribution in [3.63, 3.8) is 0 Å². The standard InChI is InChI=1S/C16H10ClFO2S/c17-13-3-1-2-10-8-15(20-16(10)13)14(19)9-21-12-6-4-11(18)5-7-12/h1-8H,9H2. The van der Waals surface area contributed by atoms with Crippen LogP contribution in [0.15, 0.2) is 57.8 Å². The number of para-hydroxylation sites is 1. The van der Waals surface area contributed by atoms with Crippen molar-refractivity contribution < 1.29 is 13.6 Å². The molecule has 106 valence electrons. The van der Waals surface area contributed by atoms with Gasteiger partial charge in [-0.1, -0.05) is 23.7 Å². The quantitative estimate of drug-likeness (QED) is 0.489. The highest BCUT2D eigenvalue weighted by molar-refractivity contribution is 8.00. The van der Waals surface area contributed by atoms with Crippen molar-refractivity contribution in [3.8, 4) is 0 Å². The monoisotopic (exact) mass is 320 g/mol. The van der Waals surface area contributed by atoms with Gasteiger partial charge in [0.05, 0.1) is 10.8 Å². The number of hydrogen-bond acceptors (Lipinski definition) is 3. The van der Waals surface area contributed by atoms with Crippen LogP contribution in [0.3, 0.4) is 0 Å². The summed E-state index contributed by atoms with van der Waals surface area (Å²) in [5.74, 6) is 0.0881. The lowest BCUT2D eigenvalue weighted by molar-refractivity contribution is 0.0994. The summed E-state index contributed by atoms with van der Waals surface area (Å²) in [6.07, 6.45) is 0. The first kappa shape index (κ1) is 14.2. The summed E-state index contributed by atoms with van der Waals surface area (Å²) in [6, 6.07) is 13.1. The van der Waals surface area contributed by atoms with Gasteiger partial charge in [-0.2, -0.15) is 0 Å². The van der Waals surface area contributed by atoms with Crippen molar-refractivity contribution in [1.29, 1.82) is 0 Å². The van der Waals surface area contributed by atoms with Crippen molar-refractivity contribution in [2.45, 2.75) is 4.90 Å². The highest BCUT2D eigenvalue weighted by Gasteiger charge is 2.14. The maximum atomic E-state index is 12.8. The van der Waals surface area contributed by atoms with Crippen LogP contribution in [0.2, 0.25) is 5.02 Å². The molecule has 0 N–H and O–H groups in total. The zero-order valence-corrected chi connectivity index (χ0v) is 12.4. The predicted octanol–water partition coefficient (Wildman–Crippen LogP) is 5.20. The molecule has 0 spiro atoms. The van der Waals surface area contributed by atoms with Crippen molar-refractivity contribution in [3.05, 3.63) is 65.1 Å². The van der Waals surface area contributed by atoms with Gasteiger partial charge in [0, 0.05) is 10.3 Å². The second-order valence-corrected chi connectivity index (χ2v) is 5.89. The molecule has 3 aromatic rings. The first-order valence-corrected chi connectivity index (χ1v) is 7.59. The third kappa shape index (κ3) is 3.12. The summed E-state index contributed by atoms with van der Waals surface area (Å²) in [7, 11) is 0. The molecular formula is C16H10ClFO2S. The van der Waals surface area contributed by atoms with E-state index in [0.29, 0.717) is 10.6 Å². The third-order valence-corrected chi connectivity index (χ3v) is 4.26. The summed E-state index contributed by atoms with van der Waals surface area (Å²) < 4.78 is 18.3. The molecule has 0 fully saturated rings. The van der Waals surface area contributed by atoms with Crippen molar-refractivity contribution in [1.82, 2.24) is 0 Å². The van der Waals surface area contributed by atoms with Crippen LogP contribution in [0, 0.1) is 5.82 Å². The summed E-state index contributed by atoms with van der Waals surface area (Å²) in [5.41, 5.74) is 0.522. The van der Waals surface area contributed by atoms with E-state index in [0.717, 1.165) is 10.3 Å². The maximum absolute atomic E-state index is 12.8. The van der Waals surface area contributed by atoms with Crippen LogP contribution in [0.25, 0.3) is 11.0 Å². The Balaban J connectivity index is 1.75. The number of Topliss-reactive ketones (excluding diaryl/α,β-unsaturated/α-hetero) is 1. The molecule has 0 aliphatic carbocycles. The van der Waals surface area contributed by atoms with Gasteiger partial charge in [0.1, 0.15) is 5.82 Å². The Hall–Kier alpha value is -1.78. The van der Waals surface area contributed by atoms with E-state index in [1.807, 2.05) is 12.1 Å². The van der Waals surface area contributed by atoms with E-state index in [1.165, 1.54) is 23.9 Å². The molecule has 5 heteroatoms. The van der Waals surface area contributed by atoms with Crippen molar-refractivity contribution >= 4 is 40.1 Å². The number of ketones is 1. The van der Waals surface area contributed by atoms with Crippen LogP contribution < -0.4 is 0 Å². The van der Waals surface area contributed by atoms with Gasteiger partial charge >= 0.3 is 0 Å². The lowest BCUT2D eigenvalue weighted by Gasteiger charge is -1.99. The van der Waals surface area contributed by atoms with Gasteiger partial charge in [-0.25, -0.2) is 4.39 Å². The highest BCUT2D eigenvalue weighted by Crippen LogP contribution is 2.28. The molecule has 0 aliphatic heterocycles. The molecule has 2 nitrogen and oxygen atoms in total. The SMILES string of the molecule is O=C(CSc1ccc(F)cc1)c1cc2cccc(Cl)c2o1. The fourth-order valence-corrected chi connectivity index (χ4v) is 2.90. The first-order valence-electron chi connectivity index (χ1n) is 6.23. The van der Waals surface area contributed by atoms with Gasteiger partial charge in [0.15, 0.2) is 11.3 Å². The van der Waals surface area contributed by atoms with Gasteiger partial charge in [-0.3, -0.25) is 4.79 Å². The Kier molecular flexibility index (Phi) is 3.99. The number of furan rings is 1. The summed E-state index contributed by atoms with van der Waals surface area (Å²) in [6.45, 7) is 0. The summed E-state index contributed by atoms with van der Waals surface area (Å²) in [4.78, 5) is 13.0. The van der Waals surface area contributed by atoms with Gasteiger partial charge in [-0.15, -0.1) is 11.8 Å². The lowest BCUT2D eigenvalue weighted by atomic mass is 10.2. The number of carbonyl (C=O) groups is 1. The largest absolute Gasteiger partial charge is 0.451 e. The third-order valence-electron chi connectivity index (χ3n) is 2.95. The van der Waals surface area contributed by atoms with Gasteiger partial charge < -0.3 is 4.42 Å². The van der Waals surface area contributed by atoms with Gasteiger partial charge in [0.25, 0.3) is 0 Å². The van der Waals surface area contributed by atoms with E-state index < -0.39 is 0 Å². The molecule has 1 aromatic heterocycles. The Bertz CT molecular complexity index is 796. The summed E-state index contributed by atoms with van der Waals surface area (Å²) in [5, 5.41) is 1.29. The number of carbonyl (C=O) groups excluding carboxylic acids is 1. The molecule has 21 heavy (non-hydrogen) atoms. The summed E-state index contributed by atoms with van der Waals surface area (Å²) >= 11 is 7.35. The normalized spacial score (nSPS) is 11.0. The van der Waals surface area contributed by atoms with Gasteiger partial charge in [0.2, 0.25) is 5.78 Å². The average Bonchev–Trinajstić information content (AvgIpc) is 2.92. The van der Waals surface area contributed by atoms with Crippen LogP contribution in [0.1, 0.15) is 10.6 Å². The maximum Gasteiger partial charge on any atom is 0.208 e. The van der Waals surface area contributed by atoms with E-state index in [-0.39, 0.29) is 23.1 Å². The van der Waals surface area contributed by atoms with E-state index in [2.05, 4.69) is 0 Å². The fourth-order valence-electron chi connectivity index (χ4n) is 1.92. The molecule has 1 heterocycles. The minimum absolute atomic E-state index is 0.128. The van der Waals surface area contributed by atoms with Crippen LogP contribution in [0.4, 0.5) is 4.39 Å². The van der Waals surface area contributed by atoms with Crippen LogP contribution in [0.5, 0.6) is 0 Å². The van der Waals surface area contributed by atoms with E-state index in [9.17, 15) is 9.18 Å². The van der Waals surface area contributed by atoms with Crippen molar-refractivity contribution in [2.24, 2.45) is 0 Å². The fraction of sp³-hybridized carbons (Fsp3) is 0.0625. The predicted molar refractivity (Wildman–Crippen MR) is 82.7 cm³/mol. The molecule has 0 aliphatic rings. The molecule has 0 saturated heterocycles. The van der Waals surface area contributed by atoms with E-state index in [1.54, 1.807) is 24.3 Å². The van der Waals surface area contributed by atoms with Gasteiger partial charge in [-0.05, 0) is 36.4 Å². The number of thioether (sulfide) groups is 1. The molecule has 0 unspecified atom stereocenters. The smallest absolute Gasteiger partial charge is 0.208 e. The Morgan fingerprint density at radius 2 is 1.95 bits per heavy atom. The molecule has 0 radical (unpaired) electrons. The zero-order chi connectivity index (χ0) is 14.8. The van der Waals surface area contributed by atoms with E-state index >= 15 is 0 Å². The van der Waals surface area contributed by atoms with Crippen molar-refractivity contribution in [2.75, 3.05) is 5.75 Å². The molecule has 0 saturated carbocycles. The molecular weight excluding hydrogens is 311 g/mol. The topological polar surface area (TPSA) is 30.2 Å². The Morgan fingerprint density at radius 1 is 1.19 bits per heavy atom. The molecule has 3 rings (SSSR count). The Labute approximate surface area is 129 Å². The first-order chi connectivity index (χ1) is 10.1. The number of halogens is 2. The minimum atomic E-state index is -0.294. The van der Waals surface area contributed by atoms with Crippen LogP contribution in [-0.4, -0.2) is 11.5 Å². The number of rotatable bonds is 4. The number of hydrogen-bond donors (Lipinski definition) is 0. The highest BCUT2D eigenvalue weighted by atomic mass is 35.5. The molecule has 0 amide bonds. The average molecular weight is 321 g/mol. The van der Waals surface area contributed by atoms with Crippen LogP contribution in [-0.2, 0) is 0 Å². The lowest BCUT2D eigenvalue weighted by Crippen LogP contribution is -2.00. The Morgan fingerprint density at radius 3 is 2.67 bits per heavy atom. The minimum Gasteiger partial charge on any atom is -0.451 e. The van der Waals surface area contributed by atoms with Crippen LogP contribution >= 0.6 is 23.4 Å². The second kappa shape index (κ2) is 5.92.